The van der Waals surface area contributed by atoms with E-state index in [1.807, 2.05) is 18.2 Å². The molecule has 2 aromatic rings. The van der Waals surface area contributed by atoms with Gasteiger partial charge in [-0.15, -0.1) is 0 Å². The molecule has 0 bridgehead atoms. The van der Waals surface area contributed by atoms with Gasteiger partial charge in [-0.25, -0.2) is 0 Å². The van der Waals surface area contributed by atoms with Gasteiger partial charge in [0.05, 0.1) is 11.6 Å². The van der Waals surface area contributed by atoms with Gasteiger partial charge in [-0.1, -0.05) is 30.3 Å². The third kappa shape index (κ3) is 2.89. The van der Waals surface area contributed by atoms with Crippen LogP contribution in [0.5, 0.6) is 0 Å². The topological polar surface area (TPSA) is 35.8 Å². The highest BCUT2D eigenvalue weighted by atomic mass is 14.9. The van der Waals surface area contributed by atoms with E-state index < -0.39 is 0 Å². The number of nitrogens with one attached hydrogen (secondary N) is 1. The SMILES string of the molecule is Cc1cc(CNC2CC2)ccc1-c1cccc(C#N)c1. The van der Waals surface area contributed by atoms with Crippen molar-refractivity contribution in [2.24, 2.45) is 0 Å². The molecule has 3 rings (SSSR count). The van der Waals surface area contributed by atoms with Crippen LogP contribution in [0.15, 0.2) is 42.5 Å². The summed E-state index contributed by atoms with van der Waals surface area (Å²) in [6.45, 7) is 3.08. The maximum Gasteiger partial charge on any atom is 0.0991 e. The molecule has 0 aromatic heterocycles. The van der Waals surface area contributed by atoms with E-state index in [1.165, 1.54) is 29.5 Å². The van der Waals surface area contributed by atoms with Crippen molar-refractivity contribution >= 4 is 0 Å². The lowest BCUT2D eigenvalue weighted by Crippen LogP contribution is -2.15. The van der Waals surface area contributed by atoms with Gasteiger partial charge in [-0.2, -0.15) is 5.26 Å². The normalized spacial score (nSPS) is 14.0. The standard InChI is InChI=1S/C18H18N2/c1-13-9-15(12-20-17-6-7-17)5-8-18(13)16-4-2-3-14(10-16)11-19/h2-5,8-10,17,20H,6-7,12H2,1H3. The van der Waals surface area contributed by atoms with Crippen LogP contribution in [0.1, 0.15) is 29.5 Å². The number of benzene rings is 2. The zero-order valence-electron chi connectivity index (χ0n) is 11.7. The molecule has 0 spiro atoms. The van der Waals surface area contributed by atoms with Crippen molar-refractivity contribution in [2.75, 3.05) is 0 Å². The first-order valence-corrected chi connectivity index (χ1v) is 7.10. The Bertz CT molecular complexity index is 663. The summed E-state index contributed by atoms with van der Waals surface area (Å²) in [6, 6.07) is 17.3. The Balaban J connectivity index is 1.83. The molecule has 0 heterocycles. The third-order valence-corrected chi connectivity index (χ3v) is 3.77. The van der Waals surface area contributed by atoms with Crippen molar-refractivity contribution in [2.45, 2.75) is 32.4 Å². The van der Waals surface area contributed by atoms with Gasteiger partial charge < -0.3 is 5.32 Å². The molecular weight excluding hydrogens is 244 g/mol. The van der Waals surface area contributed by atoms with E-state index in [1.54, 1.807) is 0 Å². The van der Waals surface area contributed by atoms with Gasteiger partial charge in [0.1, 0.15) is 0 Å². The first kappa shape index (κ1) is 12.9. The Morgan fingerprint density at radius 2 is 2.05 bits per heavy atom. The summed E-state index contributed by atoms with van der Waals surface area (Å²) in [7, 11) is 0. The lowest BCUT2D eigenvalue weighted by atomic mass is 9.97. The second-order valence-electron chi connectivity index (χ2n) is 5.50. The number of rotatable bonds is 4. The van der Waals surface area contributed by atoms with Gasteiger partial charge in [0.25, 0.3) is 0 Å². The molecule has 1 N–H and O–H groups in total. The Hall–Kier alpha value is -2.11. The van der Waals surface area contributed by atoms with Crippen LogP contribution in [0.2, 0.25) is 0 Å². The van der Waals surface area contributed by atoms with Gasteiger partial charge in [-0.3, -0.25) is 0 Å². The average Bonchev–Trinajstić information content (AvgIpc) is 3.29. The van der Waals surface area contributed by atoms with Crippen LogP contribution in [-0.4, -0.2) is 6.04 Å². The van der Waals surface area contributed by atoms with E-state index in [2.05, 4.69) is 42.6 Å². The maximum absolute atomic E-state index is 8.99. The fourth-order valence-corrected chi connectivity index (χ4v) is 2.47. The first-order chi connectivity index (χ1) is 9.76. The molecular formula is C18H18N2. The minimum Gasteiger partial charge on any atom is -0.310 e. The van der Waals surface area contributed by atoms with Crippen LogP contribution in [-0.2, 0) is 6.54 Å². The minimum absolute atomic E-state index is 0.710. The van der Waals surface area contributed by atoms with Crippen LogP contribution in [0, 0.1) is 18.3 Å². The molecule has 100 valence electrons. The summed E-state index contributed by atoms with van der Waals surface area (Å²) in [4.78, 5) is 0. The molecule has 0 saturated heterocycles. The minimum atomic E-state index is 0.710. The highest BCUT2D eigenvalue weighted by molar-refractivity contribution is 5.68. The van der Waals surface area contributed by atoms with Gasteiger partial charge in [-0.05, 0) is 54.2 Å². The molecule has 1 aliphatic carbocycles. The van der Waals surface area contributed by atoms with E-state index in [4.69, 9.17) is 5.26 Å². The van der Waals surface area contributed by atoms with Gasteiger partial charge in [0.15, 0.2) is 0 Å². The number of nitriles is 1. The van der Waals surface area contributed by atoms with Crippen LogP contribution in [0.3, 0.4) is 0 Å². The van der Waals surface area contributed by atoms with Crippen molar-refractivity contribution in [1.82, 2.24) is 5.32 Å². The Morgan fingerprint density at radius 1 is 1.20 bits per heavy atom. The maximum atomic E-state index is 8.99. The third-order valence-electron chi connectivity index (χ3n) is 3.77. The molecule has 2 aromatic carbocycles. The molecule has 2 heteroatoms. The smallest absolute Gasteiger partial charge is 0.0991 e. The molecule has 0 radical (unpaired) electrons. The molecule has 1 aliphatic rings. The highest BCUT2D eigenvalue weighted by Gasteiger charge is 2.19. The summed E-state index contributed by atoms with van der Waals surface area (Å²) in [6.07, 6.45) is 2.63. The number of aryl methyl sites for hydroxylation is 1. The molecule has 0 aliphatic heterocycles. The molecule has 0 amide bonds. The van der Waals surface area contributed by atoms with E-state index in [0.717, 1.165) is 18.2 Å². The number of hydrogen-bond acceptors (Lipinski definition) is 2. The van der Waals surface area contributed by atoms with E-state index in [-0.39, 0.29) is 0 Å². The van der Waals surface area contributed by atoms with E-state index >= 15 is 0 Å². The van der Waals surface area contributed by atoms with E-state index in [0.29, 0.717) is 5.56 Å². The zero-order valence-corrected chi connectivity index (χ0v) is 11.7. The molecule has 20 heavy (non-hydrogen) atoms. The van der Waals surface area contributed by atoms with Crippen molar-refractivity contribution in [1.29, 1.82) is 5.26 Å². The monoisotopic (exact) mass is 262 g/mol. The van der Waals surface area contributed by atoms with Crippen LogP contribution in [0.4, 0.5) is 0 Å². The summed E-state index contributed by atoms with van der Waals surface area (Å²) < 4.78 is 0. The summed E-state index contributed by atoms with van der Waals surface area (Å²) in [5.74, 6) is 0. The fourth-order valence-electron chi connectivity index (χ4n) is 2.47. The highest BCUT2D eigenvalue weighted by Crippen LogP contribution is 2.25. The summed E-state index contributed by atoms with van der Waals surface area (Å²) in [5, 5.41) is 12.5. The summed E-state index contributed by atoms with van der Waals surface area (Å²) in [5.41, 5.74) is 5.62. The predicted octanol–water partition coefficient (Wildman–Crippen LogP) is 3.79. The fraction of sp³-hybridized carbons (Fsp3) is 0.278. The zero-order chi connectivity index (χ0) is 13.9. The van der Waals surface area contributed by atoms with Crippen molar-refractivity contribution in [3.8, 4) is 17.2 Å². The Morgan fingerprint density at radius 3 is 2.75 bits per heavy atom. The Labute approximate surface area is 120 Å². The predicted molar refractivity (Wildman–Crippen MR) is 81.2 cm³/mol. The molecule has 0 atom stereocenters. The quantitative estimate of drug-likeness (QED) is 0.910. The van der Waals surface area contributed by atoms with Gasteiger partial charge in [0.2, 0.25) is 0 Å². The number of hydrogen-bond donors (Lipinski definition) is 1. The molecule has 0 unspecified atom stereocenters. The summed E-state index contributed by atoms with van der Waals surface area (Å²) >= 11 is 0. The lowest BCUT2D eigenvalue weighted by Gasteiger charge is -2.10. The van der Waals surface area contributed by atoms with Crippen molar-refractivity contribution in [3.05, 3.63) is 59.2 Å². The largest absolute Gasteiger partial charge is 0.310 e. The average molecular weight is 262 g/mol. The van der Waals surface area contributed by atoms with E-state index in [9.17, 15) is 0 Å². The molecule has 1 saturated carbocycles. The van der Waals surface area contributed by atoms with Gasteiger partial charge >= 0.3 is 0 Å². The van der Waals surface area contributed by atoms with Crippen molar-refractivity contribution < 1.29 is 0 Å². The van der Waals surface area contributed by atoms with Crippen LogP contribution < -0.4 is 5.32 Å². The lowest BCUT2D eigenvalue weighted by molar-refractivity contribution is 0.687. The van der Waals surface area contributed by atoms with Crippen LogP contribution in [0.25, 0.3) is 11.1 Å². The Kier molecular flexibility index (Phi) is 3.54. The molecule has 1 fully saturated rings. The number of nitrogens with zero attached hydrogens (tertiary/aromatic N) is 1. The second-order valence-corrected chi connectivity index (χ2v) is 5.50. The second kappa shape index (κ2) is 5.48. The molecule has 2 nitrogen and oxygen atoms in total. The van der Waals surface area contributed by atoms with Gasteiger partial charge in [0, 0.05) is 12.6 Å². The van der Waals surface area contributed by atoms with Crippen LogP contribution >= 0.6 is 0 Å². The van der Waals surface area contributed by atoms with Crippen molar-refractivity contribution in [3.63, 3.8) is 0 Å². The first-order valence-electron chi connectivity index (χ1n) is 7.10.